The van der Waals surface area contributed by atoms with Gasteiger partial charge in [0.05, 0.1) is 31.2 Å². The van der Waals surface area contributed by atoms with Gasteiger partial charge in [-0.2, -0.15) is 0 Å². The largest absolute Gasteiger partial charge is 0.497 e. The molecule has 162 valence electrons. The van der Waals surface area contributed by atoms with Crippen LogP contribution in [-0.4, -0.2) is 53.1 Å². The molecule has 1 aromatic carbocycles. The summed E-state index contributed by atoms with van der Waals surface area (Å²) in [6.45, 7) is 5.41. The van der Waals surface area contributed by atoms with E-state index in [2.05, 4.69) is 22.2 Å². The van der Waals surface area contributed by atoms with Crippen molar-refractivity contribution in [3.63, 3.8) is 0 Å². The molecule has 1 saturated heterocycles. The molecule has 8 heteroatoms. The summed E-state index contributed by atoms with van der Waals surface area (Å²) in [4.78, 5) is 24.1. The Morgan fingerprint density at radius 3 is 2.74 bits per heavy atom. The van der Waals surface area contributed by atoms with E-state index in [9.17, 15) is 4.79 Å². The summed E-state index contributed by atoms with van der Waals surface area (Å²) in [5.41, 5.74) is 1.99. The molecule has 1 atom stereocenters. The number of furan rings is 1. The molecule has 31 heavy (non-hydrogen) atoms. The predicted octanol–water partition coefficient (Wildman–Crippen LogP) is 3.72. The van der Waals surface area contributed by atoms with Crippen LogP contribution in [0.3, 0.4) is 0 Å². The first-order chi connectivity index (χ1) is 15.0. The van der Waals surface area contributed by atoms with Crippen LogP contribution in [0.2, 0.25) is 0 Å². The molecule has 2 aliphatic rings. The van der Waals surface area contributed by atoms with Crippen LogP contribution in [0.25, 0.3) is 11.1 Å². The van der Waals surface area contributed by atoms with Crippen LogP contribution in [0.4, 0.5) is 5.82 Å². The Morgan fingerprint density at radius 2 is 2.03 bits per heavy atom. The fourth-order valence-electron chi connectivity index (χ4n) is 4.01. The molecule has 1 aliphatic carbocycles. The van der Waals surface area contributed by atoms with Gasteiger partial charge in [0.15, 0.2) is 0 Å². The molecule has 1 unspecified atom stereocenters. The molecular formula is C23H26N4O4. The number of aryl methyl sites for hydroxylation is 1. The Labute approximate surface area is 180 Å². The maximum Gasteiger partial charge on any atom is 0.258 e. The molecule has 2 fully saturated rings. The van der Waals surface area contributed by atoms with Crippen molar-refractivity contribution in [3.05, 3.63) is 47.5 Å². The van der Waals surface area contributed by atoms with Crippen LogP contribution >= 0.6 is 0 Å². The van der Waals surface area contributed by atoms with Gasteiger partial charge in [0, 0.05) is 12.1 Å². The van der Waals surface area contributed by atoms with Gasteiger partial charge in [-0.05, 0) is 44.4 Å². The molecule has 1 aliphatic heterocycles. The molecule has 0 spiro atoms. The van der Waals surface area contributed by atoms with Crippen molar-refractivity contribution in [2.24, 2.45) is 0 Å². The van der Waals surface area contributed by atoms with Crippen LogP contribution in [0.1, 0.15) is 47.6 Å². The number of hydrogen-bond donors (Lipinski definition) is 1. The fraction of sp³-hybridized carbons (Fsp3) is 0.435. The molecule has 8 nitrogen and oxygen atoms in total. The van der Waals surface area contributed by atoms with Crippen molar-refractivity contribution in [2.45, 2.75) is 38.3 Å². The lowest BCUT2D eigenvalue weighted by Crippen LogP contribution is -2.42. The third-order valence-electron chi connectivity index (χ3n) is 6.14. The summed E-state index contributed by atoms with van der Waals surface area (Å²) in [5.74, 6) is 1.91. The number of amides is 1. The van der Waals surface area contributed by atoms with Gasteiger partial charge < -0.3 is 24.1 Å². The van der Waals surface area contributed by atoms with E-state index in [-0.39, 0.29) is 17.6 Å². The van der Waals surface area contributed by atoms with Gasteiger partial charge in [-0.25, -0.2) is 9.97 Å². The Morgan fingerprint density at radius 1 is 1.26 bits per heavy atom. The lowest BCUT2D eigenvalue weighted by atomic mass is 10.1. The number of morpholine rings is 1. The number of benzene rings is 1. The minimum absolute atomic E-state index is 0.0190. The number of carbonyl (C=O) groups excluding carboxylic acids is 1. The minimum Gasteiger partial charge on any atom is -0.497 e. The molecule has 3 aromatic rings. The summed E-state index contributed by atoms with van der Waals surface area (Å²) in [5, 5.41) is 4.13. The number of fused-ring (bicyclic) bond motifs is 1. The molecule has 1 amide bonds. The fourth-order valence-corrected chi connectivity index (χ4v) is 4.01. The van der Waals surface area contributed by atoms with E-state index in [1.165, 1.54) is 6.33 Å². The second kappa shape index (κ2) is 7.53. The highest BCUT2D eigenvalue weighted by Gasteiger charge is 2.39. The zero-order valence-corrected chi connectivity index (χ0v) is 18.0. The molecule has 0 bridgehead atoms. The third kappa shape index (κ3) is 3.72. The predicted molar refractivity (Wildman–Crippen MR) is 115 cm³/mol. The first-order valence-electron chi connectivity index (χ1n) is 10.5. The highest BCUT2D eigenvalue weighted by atomic mass is 16.5. The molecule has 1 saturated carbocycles. The van der Waals surface area contributed by atoms with Gasteiger partial charge in [0.2, 0.25) is 5.71 Å². The zero-order valence-electron chi connectivity index (χ0n) is 18.0. The molecular weight excluding hydrogens is 396 g/mol. The van der Waals surface area contributed by atoms with E-state index in [1.54, 1.807) is 14.0 Å². The van der Waals surface area contributed by atoms with E-state index in [4.69, 9.17) is 13.9 Å². The van der Waals surface area contributed by atoms with E-state index in [1.807, 2.05) is 29.2 Å². The lowest BCUT2D eigenvalue weighted by molar-refractivity contribution is -0.0228. The van der Waals surface area contributed by atoms with Gasteiger partial charge in [-0.15, -0.1) is 0 Å². The Kier molecular flexibility index (Phi) is 4.81. The normalized spacial score (nSPS) is 20.0. The minimum atomic E-state index is -0.193. The van der Waals surface area contributed by atoms with Crippen LogP contribution in [0.15, 0.2) is 35.0 Å². The maximum absolute atomic E-state index is 13.6. The van der Waals surface area contributed by atoms with Crippen LogP contribution in [0.5, 0.6) is 5.75 Å². The molecule has 3 heterocycles. The second-order valence-corrected chi connectivity index (χ2v) is 8.51. The number of ether oxygens (including phenoxy) is 2. The topological polar surface area (TPSA) is 89.7 Å². The van der Waals surface area contributed by atoms with Gasteiger partial charge in [0.1, 0.15) is 29.8 Å². The van der Waals surface area contributed by atoms with Crippen molar-refractivity contribution in [1.29, 1.82) is 0 Å². The number of aromatic nitrogens is 2. The van der Waals surface area contributed by atoms with Gasteiger partial charge in [0.25, 0.3) is 5.91 Å². The quantitative estimate of drug-likeness (QED) is 0.670. The number of rotatable bonds is 5. The van der Waals surface area contributed by atoms with Gasteiger partial charge >= 0.3 is 0 Å². The van der Waals surface area contributed by atoms with E-state index in [0.717, 1.165) is 24.2 Å². The van der Waals surface area contributed by atoms with Crippen molar-refractivity contribution in [3.8, 4) is 5.75 Å². The average molecular weight is 422 g/mol. The number of carbonyl (C=O) groups is 1. The van der Waals surface area contributed by atoms with Crippen molar-refractivity contribution >= 4 is 22.8 Å². The van der Waals surface area contributed by atoms with E-state index >= 15 is 0 Å². The first kappa shape index (κ1) is 19.8. The van der Waals surface area contributed by atoms with Crippen LogP contribution < -0.4 is 10.1 Å². The number of nitrogens with zero attached hydrogens (tertiary/aromatic N) is 3. The summed E-state index contributed by atoms with van der Waals surface area (Å²) >= 11 is 0. The smallest absolute Gasteiger partial charge is 0.258 e. The van der Waals surface area contributed by atoms with Crippen molar-refractivity contribution in [2.75, 3.05) is 32.1 Å². The highest BCUT2D eigenvalue weighted by molar-refractivity contribution is 6.10. The Hall–Kier alpha value is -3.13. The summed E-state index contributed by atoms with van der Waals surface area (Å²) in [6, 6.07) is 7.76. The Bertz CT molecular complexity index is 1120. The number of hydrogen-bond acceptors (Lipinski definition) is 7. The standard InChI is InChI=1S/C23H26N4O4/c1-14-18(19-20(26-23(2)8-9-23)24-13-25-21(19)31-14)22(28)27-10-11-30-17(12-27)15-4-6-16(29-3)7-5-15/h4-7,13,17H,8-12H2,1-3H3,(H,24,25,26). The maximum atomic E-state index is 13.6. The van der Waals surface area contributed by atoms with Crippen LogP contribution in [0, 0.1) is 6.92 Å². The number of anilines is 1. The zero-order chi connectivity index (χ0) is 21.6. The average Bonchev–Trinajstić information content (AvgIpc) is 3.41. The van der Waals surface area contributed by atoms with E-state index < -0.39 is 0 Å². The SMILES string of the molecule is COc1ccc(C2CN(C(=O)c3c(C)oc4ncnc(NC5(C)CC5)c34)CCO2)cc1. The Balaban J connectivity index is 1.44. The van der Waals surface area contributed by atoms with Crippen molar-refractivity contribution < 1.29 is 18.7 Å². The first-order valence-corrected chi connectivity index (χ1v) is 10.5. The monoisotopic (exact) mass is 422 g/mol. The van der Waals surface area contributed by atoms with Gasteiger partial charge in [-0.3, -0.25) is 4.79 Å². The second-order valence-electron chi connectivity index (χ2n) is 8.51. The van der Waals surface area contributed by atoms with Crippen molar-refractivity contribution in [1.82, 2.24) is 14.9 Å². The highest BCUT2D eigenvalue weighted by Crippen LogP contribution is 2.40. The van der Waals surface area contributed by atoms with Crippen LogP contribution in [-0.2, 0) is 4.74 Å². The lowest BCUT2D eigenvalue weighted by Gasteiger charge is -2.33. The third-order valence-corrected chi connectivity index (χ3v) is 6.14. The molecule has 0 radical (unpaired) electrons. The molecule has 1 N–H and O–H groups in total. The number of nitrogens with one attached hydrogen (secondary N) is 1. The molecule has 2 aromatic heterocycles. The number of methoxy groups -OCH3 is 1. The summed E-state index contributed by atoms with van der Waals surface area (Å²) in [7, 11) is 1.64. The summed E-state index contributed by atoms with van der Waals surface area (Å²) < 4.78 is 17.0. The molecule has 5 rings (SSSR count). The summed E-state index contributed by atoms with van der Waals surface area (Å²) in [6.07, 6.45) is 3.43. The van der Waals surface area contributed by atoms with Gasteiger partial charge in [-0.1, -0.05) is 12.1 Å². The van der Waals surface area contributed by atoms with E-state index in [0.29, 0.717) is 47.9 Å².